The van der Waals surface area contributed by atoms with Gasteiger partial charge in [-0.2, -0.15) is 0 Å². The Kier molecular flexibility index (Phi) is 3.87. The number of fused-ring (bicyclic) bond motifs is 9. The molecule has 6 aromatic rings. The lowest BCUT2D eigenvalue weighted by molar-refractivity contribution is 0.660. The number of aromatic nitrogens is 1. The van der Waals surface area contributed by atoms with Crippen LogP contribution in [-0.2, 0) is 10.8 Å². The average molecular weight is 476 g/mol. The minimum Gasteiger partial charge on any atom is -0.309 e. The summed E-state index contributed by atoms with van der Waals surface area (Å²) in [5.74, 6) is 0. The maximum absolute atomic E-state index is 2.48. The summed E-state index contributed by atoms with van der Waals surface area (Å²) in [7, 11) is 0. The van der Waals surface area contributed by atoms with E-state index in [1.807, 2.05) is 0 Å². The van der Waals surface area contributed by atoms with Gasteiger partial charge in [-0.1, -0.05) is 100 Å². The number of hydrogen-bond donors (Lipinski definition) is 0. The smallest absolute Gasteiger partial charge is 0.0544 e. The molecule has 5 aromatic carbocycles. The molecule has 1 heterocycles. The Morgan fingerprint density at radius 2 is 1.00 bits per heavy atom. The second kappa shape index (κ2) is 6.81. The van der Waals surface area contributed by atoms with Crippen LogP contribution < -0.4 is 0 Å². The third-order valence-electron chi connectivity index (χ3n) is 9.20. The molecule has 0 fully saturated rings. The molecular weight excluding hydrogens is 446 g/mol. The van der Waals surface area contributed by atoms with Gasteiger partial charge in [-0.05, 0) is 74.8 Å². The van der Waals surface area contributed by atoms with Crippen molar-refractivity contribution in [2.45, 2.75) is 38.5 Å². The van der Waals surface area contributed by atoms with Gasteiger partial charge >= 0.3 is 0 Å². The van der Waals surface area contributed by atoms with Crippen LogP contribution in [0.4, 0.5) is 0 Å². The van der Waals surface area contributed by atoms with E-state index in [0.29, 0.717) is 0 Å². The van der Waals surface area contributed by atoms with Crippen LogP contribution in [0.1, 0.15) is 49.9 Å². The summed E-state index contributed by atoms with van der Waals surface area (Å²) >= 11 is 0. The zero-order chi connectivity index (χ0) is 25.1. The minimum atomic E-state index is -0.0255. The molecule has 37 heavy (non-hydrogen) atoms. The van der Waals surface area contributed by atoms with E-state index in [1.165, 1.54) is 72.0 Å². The van der Waals surface area contributed by atoms with Gasteiger partial charge < -0.3 is 4.57 Å². The highest BCUT2D eigenvalue weighted by molar-refractivity contribution is 6.11. The molecule has 2 aliphatic rings. The van der Waals surface area contributed by atoms with Crippen LogP contribution in [0.5, 0.6) is 0 Å². The standard InChI is InChI=1S/C36H29N/c1-35(2)29-14-8-5-11-23(29)26-19-22(17-18-31(26)35)37-33-16-10-7-13-25(33)28-20-27-24-12-6-9-15-30(24)36(3,4)32(27)21-34(28)37/h5-21H,1-4H3. The summed E-state index contributed by atoms with van der Waals surface area (Å²) in [6, 6.07) is 38.7. The van der Waals surface area contributed by atoms with Crippen LogP contribution in [0.3, 0.4) is 0 Å². The Labute approximate surface area is 218 Å². The number of para-hydroxylation sites is 1. The van der Waals surface area contributed by atoms with Crippen LogP contribution >= 0.6 is 0 Å². The van der Waals surface area contributed by atoms with E-state index in [1.54, 1.807) is 0 Å². The van der Waals surface area contributed by atoms with Gasteiger partial charge in [0, 0.05) is 27.3 Å². The third kappa shape index (κ3) is 2.54. The molecule has 0 saturated carbocycles. The number of hydrogen-bond acceptors (Lipinski definition) is 0. The van der Waals surface area contributed by atoms with Crippen molar-refractivity contribution in [1.82, 2.24) is 4.57 Å². The predicted molar refractivity (Wildman–Crippen MR) is 156 cm³/mol. The van der Waals surface area contributed by atoms with Gasteiger partial charge in [0.1, 0.15) is 0 Å². The molecule has 0 aliphatic heterocycles. The van der Waals surface area contributed by atoms with Gasteiger partial charge in [0.25, 0.3) is 0 Å². The van der Waals surface area contributed by atoms with Crippen molar-refractivity contribution in [1.29, 1.82) is 0 Å². The maximum atomic E-state index is 2.48. The molecule has 0 bridgehead atoms. The number of nitrogens with zero attached hydrogens (tertiary/aromatic N) is 1. The maximum Gasteiger partial charge on any atom is 0.0544 e. The van der Waals surface area contributed by atoms with Crippen LogP contribution in [0.2, 0.25) is 0 Å². The zero-order valence-electron chi connectivity index (χ0n) is 21.8. The van der Waals surface area contributed by atoms with Gasteiger partial charge in [-0.15, -0.1) is 0 Å². The Hall–Kier alpha value is -4.10. The van der Waals surface area contributed by atoms with Crippen molar-refractivity contribution in [3.05, 3.63) is 125 Å². The van der Waals surface area contributed by atoms with E-state index in [-0.39, 0.29) is 10.8 Å². The van der Waals surface area contributed by atoms with Gasteiger partial charge in [0.05, 0.1) is 11.0 Å². The predicted octanol–water partition coefficient (Wildman–Crippen LogP) is 9.40. The summed E-state index contributed by atoms with van der Waals surface area (Å²) < 4.78 is 2.48. The topological polar surface area (TPSA) is 4.93 Å². The quantitative estimate of drug-likeness (QED) is 0.223. The van der Waals surface area contributed by atoms with E-state index in [0.717, 1.165) is 0 Å². The third-order valence-corrected chi connectivity index (χ3v) is 9.20. The van der Waals surface area contributed by atoms with Crippen molar-refractivity contribution in [3.8, 4) is 27.9 Å². The van der Waals surface area contributed by atoms with Gasteiger partial charge in [0.15, 0.2) is 0 Å². The van der Waals surface area contributed by atoms with Crippen molar-refractivity contribution in [2.24, 2.45) is 0 Å². The van der Waals surface area contributed by atoms with Crippen LogP contribution in [-0.4, -0.2) is 4.57 Å². The van der Waals surface area contributed by atoms with Gasteiger partial charge in [0.2, 0.25) is 0 Å². The van der Waals surface area contributed by atoms with Gasteiger partial charge in [-0.3, -0.25) is 0 Å². The summed E-state index contributed by atoms with van der Waals surface area (Å²) in [4.78, 5) is 0. The van der Waals surface area contributed by atoms with E-state index in [4.69, 9.17) is 0 Å². The normalized spacial score (nSPS) is 16.0. The van der Waals surface area contributed by atoms with E-state index >= 15 is 0 Å². The molecule has 0 unspecified atom stereocenters. The molecule has 0 radical (unpaired) electrons. The molecule has 1 heteroatoms. The van der Waals surface area contributed by atoms with Crippen molar-refractivity contribution < 1.29 is 0 Å². The number of benzene rings is 5. The monoisotopic (exact) mass is 475 g/mol. The molecule has 2 aliphatic carbocycles. The molecule has 0 saturated heterocycles. The van der Waals surface area contributed by atoms with Crippen molar-refractivity contribution >= 4 is 21.8 Å². The Bertz CT molecular complexity index is 1930. The minimum absolute atomic E-state index is 0.0158. The first kappa shape index (κ1) is 21.0. The highest BCUT2D eigenvalue weighted by Gasteiger charge is 2.37. The molecule has 178 valence electrons. The highest BCUT2D eigenvalue weighted by Crippen LogP contribution is 2.52. The second-order valence-electron chi connectivity index (χ2n) is 11.8. The Morgan fingerprint density at radius 3 is 1.73 bits per heavy atom. The second-order valence-corrected chi connectivity index (χ2v) is 11.8. The molecule has 0 amide bonds. The van der Waals surface area contributed by atoms with E-state index < -0.39 is 0 Å². The van der Waals surface area contributed by atoms with Crippen LogP contribution in [0, 0.1) is 0 Å². The fraction of sp³-hybridized carbons (Fsp3) is 0.167. The van der Waals surface area contributed by atoms with Crippen molar-refractivity contribution in [3.63, 3.8) is 0 Å². The summed E-state index contributed by atoms with van der Waals surface area (Å²) in [5.41, 5.74) is 14.9. The Balaban J connectivity index is 1.45. The molecule has 1 nitrogen and oxygen atoms in total. The first-order chi connectivity index (χ1) is 17.9. The summed E-state index contributed by atoms with van der Waals surface area (Å²) in [5, 5.41) is 2.63. The molecule has 0 spiro atoms. The fourth-order valence-corrected chi connectivity index (χ4v) is 7.29. The lowest BCUT2D eigenvalue weighted by Gasteiger charge is -2.22. The average Bonchev–Trinajstić information content (AvgIpc) is 3.45. The van der Waals surface area contributed by atoms with Crippen LogP contribution in [0.25, 0.3) is 49.7 Å². The molecular formula is C36H29N. The summed E-state index contributed by atoms with van der Waals surface area (Å²) in [6.45, 7) is 9.43. The zero-order valence-corrected chi connectivity index (χ0v) is 21.8. The molecule has 1 aromatic heterocycles. The first-order valence-corrected chi connectivity index (χ1v) is 13.3. The number of rotatable bonds is 1. The van der Waals surface area contributed by atoms with E-state index in [9.17, 15) is 0 Å². The Morgan fingerprint density at radius 1 is 0.432 bits per heavy atom. The molecule has 8 rings (SSSR count). The van der Waals surface area contributed by atoms with Crippen LogP contribution in [0.15, 0.2) is 103 Å². The van der Waals surface area contributed by atoms with Crippen molar-refractivity contribution in [2.75, 3.05) is 0 Å². The lowest BCUT2D eigenvalue weighted by atomic mass is 9.82. The van der Waals surface area contributed by atoms with Gasteiger partial charge in [-0.25, -0.2) is 0 Å². The lowest BCUT2D eigenvalue weighted by Crippen LogP contribution is -2.15. The SMILES string of the molecule is CC1(C)c2ccccc2-c2cc(-n3c4ccccc4c4cc5c(cc43)C(C)(C)c3ccccc3-5)ccc21. The molecule has 0 N–H and O–H groups in total. The largest absolute Gasteiger partial charge is 0.309 e. The highest BCUT2D eigenvalue weighted by atomic mass is 15.0. The molecule has 0 atom stereocenters. The fourth-order valence-electron chi connectivity index (χ4n) is 7.29. The van der Waals surface area contributed by atoms with E-state index in [2.05, 4.69) is 135 Å². The summed E-state index contributed by atoms with van der Waals surface area (Å²) in [6.07, 6.45) is 0. The first-order valence-electron chi connectivity index (χ1n) is 13.3.